The van der Waals surface area contributed by atoms with E-state index >= 15 is 0 Å². The predicted octanol–water partition coefficient (Wildman–Crippen LogP) is 4.82. The van der Waals surface area contributed by atoms with Crippen molar-refractivity contribution < 1.29 is 14.7 Å². The van der Waals surface area contributed by atoms with Crippen LogP contribution in [0.2, 0.25) is 0 Å². The lowest BCUT2D eigenvalue weighted by atomic mass is 10.0. The van der Waals surface area contributed by atoms with Crippen molar-refractivity contribution in [1.82, 2.24) is 4.90 Å². The van der Waals surface area contributed by atoms with Gasteiger partial charge in [0, 0.05) is 29.3 Å². The Morgan fingerprint density at radius 3 is 2.39 bits per heavy atom. The average Bonchev–Trinajstić information content (AvgIpc) is 3.20. The summed E-state index contributed by atoms with van der Waals surface area (Å²) < 4.78 is 0.928. The van der Waals surface area contributed by atoms with Crippen LogP contribution < -0.4 is 16.4 Å². The molecule has 3 aromatic rings. The fourth-order valence-corrected chi connectivity index (χ4v) is 4.48. The minimum Gasteiger partial charge on any atom is -0.397 e. The molecule has 36 heavy (non-hydrogen) atoms. The summed E-state index contributed by atoms with van der Waals surface area (Å²) in [6.45, 7) is 2.80. The molecule has 2 amide bonds. The lowest BCUT2D eigenvalue weighted by molar-refractivity contribution is -0.121. The Morgan fingerprint density at radius 1 is 1.06 bits per heavy atom. The smallest absolute Gasteiger partial charge is 0.248 e. The van der Waals surface area contributed by atoms with Crippen LogP contribution in [0.25, 0.3) is 6.08 Å². The lowest BCUT2D eigenvalue weighted by Gasteiger charge is -2.28. The van der Waals surface area contributed by atoms with E-state index in [2.05, 4.69) is 26.6 Å². The van der Waals surface area contributed by atoms with E-state index in [4.69, 9.17) is 5.73 Å². The van der Waals surface area contributed by atoms with E-state index in [1.165, 1.54) is 6.08 Å². The molecular weight excluding hydrogens is 520 g/mol. The van der Waals surface area contributed by atoms with Gasteiger partial charge in [-0.25, -0.2) is 0 Å². The van der Waals surface area contributed by atoms with Gasteiger partial charge in [-0.05, 0) is 66.9 Å². The zero-order valence-electron chi connectivity index (χ0n) is 19.9. The summed E-state index contributed by atoms with van der Waals surface area (Å²) in [7, 11) is 0. The summed E-state index contributed by atoms with van der Waals surface area (Å²) in [5.41, 5.74) is 8.41. The summed E-state index contributed by atoms with van der Waals surface area (Å²) in [6.07, 6.45) is 3.74. The molecule has 0 spiro atoms. The fourth-order valence-electron chi connectivity index (χ4n) is 4.22. The SMILES string of the molecule is CC1(O)CCN(C(C(=O)Nc2ccc(Br)cc2)c2ccc(C=CC(=O)Nc3ccccc3N)cc2)C1. The molecule has 7 nitrogen and oxygen atoms in total. The number of aliphatic hydroxyl groups is 1. The highest BCUT2D eigenvalue weighted by atomic mass is 79.9. The van der Waals surface area contributed by atoms with Crippen LogP contribution in [-0.4, -0.2) is 40.5 Å². The topological polar surface area (TPSA) is 108 Å². The van der Waals surface area contributed by atoms with Gasteiger partial charge in [-0.1, -0.05) is 52.3 Å². The molecule has 4 rings (SSSR count). The van der Waals surface area contributed by atoms with E-state index in [0.29, 0.717) is 36.6 Å². The molecule has 5 N–H and O–H groups in total. The van der Waals surface area contributed by atoms with Crippen molar-refractivity contribution in [2.45, 2.75) is 25.0 Å². The van der Waals surface area contributed by atoms with Crippen LogP contribution in [0.1, 0.15) is 30.5 Å². The maximum atomic E-state index is 13.4. The first-order chi connectivity index (χ1) is 17.2. The largest absolute Gasteiger partial charge is 0.397 e. The summed E-state index contributed by atoms with van der Waals surface area (Å²) in [5.74, 6) is -0.457. The zero-order valence-corrected chi connectivity index (χ0v) is 21.5. The van der Waals surface area contributed by atoms with Crippen LogP contribution in [0.15, 0.2) is 83.3 Å². The van der Waals surface area contributed by atoms with Gasteiger partial charge >= 0.3 is 0 Å². The van der Waals surface area contributed by atoms with Gasteiger partial charge in [-0.15, -0.1) is 0 Å². The van der Waals surface area contributed by atoms with Gasteiger partial charge < -0.3 is 21.5 Å². The third-order valence-electron chi connectivity index (χ3n) is 6.10. The molecule has 0 aliphatic carbocycles. The minimum absolute atomic E-state index is 0.168. The van der Waals surface area contributed by atoms with Gasteiger partial charge in [-0.2, -0.15) is 0 Å². The number of benzene rings is 3. The number of carbonyl (C=O) groups excluding carboxylic acids is 2. The molecule has 3 aromatic carbocycles. The van der Waals surface area contributed by atoms with Gasteiger partial charge in [-0.3, -0.25) is 14.5 Å². The number of likely N-dealkylation sites (tertiary alicyclic amines) is 1. The van der Waals surface area contributed by atoms with Gasteiger partial charge in [0.1, 0.15) is 6.04 Å². The van der Waals surface area contributed by atoms with Crippen LogP contribution in [0, 0.1) is 0 Å². The Bertz CT molecular complexity index is 1260. The Morgan fingerprint density at radius 2 is 1.75 bits per heavy atom. The maximum absolute atomic E-state index is 13.4. The third-order valence-corrected chi connectivity index (χ3v) is 6.63. The monoisotopic (exact) mass is 548 g/mol. The number of β-amino-alcohol motifs (C(OH)–C–C–N with tert-alkyl or cyclic N) is 1. The van der Waals surface area contributed by atoms with Crippen molar-refractivity contribution in [1.29, 1.82) is 0 Å². The van der Waals surface area contributed by atoms with Crippen LogP contribution >= 0.6 is 15.9 Å². The van der Waals surface area contributed by atoms with E-state index in [0.717, 1.165) is 15.6 Å². The van der Waals surface area contributed by atoms with Crippen LogP contribution in [0.5, 0.6) is 0 Å². The maximum Gasteiger partial charge on any atom is 0.248 e. The van der Waals surface area contributed by atoms with Gasteiger partial charge in [0.05, 0.1) is 17.0 Å². The van der Waals surface area contributed by atoms with Crippen molar-refractivity contribution in [3.05, 3.63) is 94.5 Å². The Balaban J connectivity index is 1.49. The number of para-hydroxylation sites is 2. The van der Waals surface area contributed by atoms with E-state index < -0.39 is 11.6 Å². The quantitative estimate of drug-likeness (QED) is 0.250. The van der Waals surface area contributed by atoms with Crippen LogP contribution in [0.3, 0.4) is 0 Å². The Hall–Kier alpha value is -3.46. The van der Waals surface area contributed by atoms with E-state index in [1.54, 1.807) is 37.3 Å². The normalized spacial score (nSPS) is 18.8. The predicted molar refractivity (Wildman–Crippen MR) is 147 cm³/mol. The minimum atomic E-state index is -0.839. The Labute approximate surface area is 219 Å². The first-order valence-electron chi connectivity index (χ1n) is 11.7. The van der Waals surface area contributed by atoms with Crippen molar-refractivity contribution >= 4 is 50.9 Å². The summed E-state index contributed by atoms with van der Waals surface area (Å²) >= 11 is 3.41. The second kappa shape index (κ2) is 11.1. The van der Waals surface area contributed by atoms with Crippen molar-refractivity contribution in [3.8, 4) is 0 Å². The molecule has 0 bridgehead atoms. The molecule has 0 saturated carbocycles. The lowest BCUT2D eigenvalue weighted by Crippen LogP contribution is -2.38. The van der Waals surface area contributed by atoms with Gasteiger partial charge in [0.15, 0.2) is 0 Å². The fraction of sp³-hybridized carbons (Fsp3) is 0.214. The molecule has 1 fully saturated rings. The van der Waals surface area contributed by atoms with Crippen molar-refractivity contribution in [2.75, 3.05) is 29.5 Å². The molecule has 186 valence electrons. The molecule has 1 aliphatic heterocycles. The van der Waals surface area contributed by atoms with Gasteiger partial charge in [0.2, 0.25) is 11.8 Å². The third kappa shape index (κ3) is 6.60. The number of anilines is 3. The first kappa shape index (κ1) is 25.6. The van der Waals surface area contributed by atoms with E-state index in [1.807, 2.05) is 53.4 Å². The second-order valence-electron chi connectivity index (χ2n) is 9.19. The summed E-state index contributed by atoms with van der Waals surface area (Å²) in [4.78, 5) is 27.7. The standard InChI is InChI=1S/C28H29BrN4O3/c1-28(36)16-17-33(18-28)26(27(35)31-22-13-11-21(29)12-14-22)20-9-6-19(7-10-20)8-15-25(34)32-24-5-3-2-4-23(24)30/h2-15,26,36H,16-18,30H2,1H3,(H,31,35)(H,32,34). The molecule has 1 aliphatic rings. The van der Waals surface area contributed by atoms with E-state index in [-0.39, 0.29) is 11.8 Å². The van der Waals surface area contributed by atoms with Crippen LogP contribution in [-0.2, 0) is 9.59 Å². The molecule has 1 heterocycles. The molecule has 2 atom stereocenters. The number of nitrogen functional groups attached to an aromatic ring is 1. The molecule has 0 aromatic heterocycles. The van der Waals surface area contributed by atoms with Gasteiger partial charge in [0.25, 0.3) is 0 Å². The number of nitrogens with zero attached hydrogens (tertiary/aromatic N) is 1. The molecule has 2 unspecified atom stereocenters. The second-order valence-corrected chi connectivity index (χ2v) is 10.1. The highest BCUT2D eigenvalue weighted by Gasteiger charge is 2.38. The number of hydrogen-bond donors (Lipinski definition) is 4. The number of carbonyl (C=O) groups is 2. The van der Waals surface area contributed by atoms with Crippen LogP contribution in [0.4, 0.5) is 17.1 Å². The number of rotatable bonds is 7. The number of nitrogens with two attached hydrogens (primary N) is 1. The number of halogens is 1. The molecule has 0 radical (unpaired) electrons. The average molecular weight is 549 g/mol. The Kier molecular flexibility index (Phi) is 7.88. The highest BCUT2D eigenvalue weighted by molar-refractivity contribution is 9.10. The number of hydrogen-bond acceptors (Lipinski definition) is 5. The summed E-state index contributed by atoms with van der Waals surface area (Å²) in [5, 5.41) is 16.3. The molecular formula is C28H29BrN4O3. The molecule has 1 saturated heterocycles. The first-order valence-corrected chi connectivity index (χ1v) is 12.5. The summed E-state index contributed by atoms with van der Waals surface area (Å²) in [6, 6.07) is 21.4. The van der Waals surface area contributed by atoms with E-state index in [9.17, 15) is 14.7 Å². The highest BCUT2D eigenvalue weighted by Crippen LogP contribution is 2.31. The number of amides is 2. The van der Waals surface area contributed by atoms with Crippen molar-refractivity contribution in [2.24, 2.45) is 0 Å². The molecule has 8 heteroatoms. The zero-order chi connectivity index (χ0) is 25.7. The number of nitrogens with one attached hydrogen (secondary N) is 2. The van der Waals surface area contributed by atoms with Crippen molar-refractivity contribution in [3.63, 3.8) is 0 Å².